The van der Waals surface area contributed by atoms with E-state index in [2.05, 4.69) is 252 Å². The van der Waals surface area contributed by atoms with E-state index in [1.165, 1.54) is 77.1 Å². The third-order valence-corrected chi connectivity index (χ3v) is 11.8. The molecule has 0 atom stereocenters. The molecule has 0 N–H and O–H groups in total. The number of hydrogen-bond donors (Lipinski definition) is 0. The van der Waals surface area contributed by atoms with Crippen LogP contribution < -0.4 is 4.90 Å². The van der Waals surface area contributed by atoms with E-state index < -0.39 is 0 Å². The van der Waals surface area contributed by atoms with Gasteiger partial charge in [-0.2, -0.15) is 0 Å². The van der Waals surface area contributed by atoms with Crippen LogP contribution in [0.2, 0.25) is 0 Å². The summed E-state index contributed by atoms with van der Waals surface area (Å²) < 4.78 is 2.39. The van der Waals surface area contributed by atoms with Crippen molar-refractivity contribution in [2.75, 3.05) is 4.90 Å². The molecule has 0 unspecified atom stereocenters. The smallest absolute Gasteiger partial charge is 0.0546 e. The number of para-hydroxylation sites is 2. The summed E-state index contributed by atoms with van der Waals surface area (Å²) in [6, 6.07) is 88.0. The molecule has 11 aromatic rings. The molecule has 0 saturated heterocycles. The highest BCUT2D eigenvalue weighted by Gasteiger charge is 2.24. The fourth-order valence-corrected chi connectivity index (χ4v) is 9.11. The molecular formula is C58H40N2. The Balaban J connectivity index is 1.22. The van der Waals surface area contributed by atoms with Gasteiger partial charge in [-0.25, -0.2) is 0 Å². The van der Waals surface area contributed by atoms with Crippen LogP contribution in [0.3, 0.4) is 0 Å². The van der Waals surface area contributed by atoms with Crippen molar-refractivity contribution >= 4 is 49.6 Å². The minimum atomic E-state index is 1.08. The Labute approximate surface area is 350 Å². The van der Waals surface area contributed by atoms with Gasteiger partial charge in [-0.05, 0) is 104 Å². The predicted molar refractivity (Wildman–Crippen MR) is 255 cm³/mol. The topological polar surface area (TPSA) is 8.17 Å². The first-order valence-electron chi connectivity index (χ1n) is 20.6. The van der Waals surface area contributed by atoms with Gasteiger partial charge in [-0.3, -0.25) is 0 Å². The third kappa shape index (κ3) is 6.14. The van der Waals surface area contributed by atoms with Crippen LogP contribution in [0, 0.1) is 0 Å². The van der Waals surface area contributed by atoms with Crippen LogP contribution in [0.5, 0.6) is 0 Å². The molecule has 60 heavy (non-hydrogen) atoms. The second-order valence-electron chi connectivity index (χ2n) is 15.3. The third-order valence-electron chi connectivity index (χ3n) is 11.8. The highest BCUT2D eigenvalue weighted by Crippen LogP contribution is 2.49. The summed E-state index contributed by atoms with van der Waals surface area (Å²) in [5.41, 5.74) is 16.2. The lowest BCUT2D eigenvalue weighted by atomic mass is 9.87. The SMILES string of the molecule is c1ccc(-c2ccccc2-c2c(-c3ccccc3)cccc2N(c2cccc(-c3cccc4ccccc34)c2)c2ccc3c(c2)c2ccccc2n3-c2ccccc2)cc1. The number of benzene rings is 10. The van der Waals surface area contributed by atoms with E-state index in [9.17, 15) is 0 Å². The van der Waals surface area contributed by atoms with Gasteiger partial charge >= 0.3 is 0 Å². The molecular weight excluding hydrogens is 725 g/mol. The van der Waals surface area contributed by atoms with Crippen LogP contribution in [0.15, 0.2) is 243 Å². The minimum Gasteiger partial charge on any atom is -0.310 e. The maximum atomic E-state index is 2.48. The Kier molecular flexibility index (Phi) is 8.87. The normalized spacial score (nSPS) is 11.3. The average Bonchev–Trinajstić information content (AvgIpc) is 3.66. The van der Waals surface area contributed by atoms with Gasteiger partial charge in [0.25, 0.3) is 0 Å². The molecule has 2 heteroatoms. The van der Waals surface area contributed by atoms with Gasteiger partial charge in [-0.1, -0.05) is 188 Å². The van der Waals surface area contributed by atoms with E-state index in [1.54, 1.807) is 0 Å². The molecule has 0 radical (unpaired) electrons. The van der Waals surface area contributed by atoms with Crippen molar-refractivity contribution in [1.82, 2.24) is 4.57 Å². The Morgan fingerprint density at radius 1 is 0.300 bits per heavy atom. The van der Waals surface area contributed by atoms with Gasteiger partial charge < -0.3 is 9.47 Å². The molecule has 0 bridgehead atoms. The maximum absolute atomic E-state index is 2.48. The standard InChI is InChI=1S/C58H40N2/c1-4-19-41(20-5-1)49-30-12-13-32-53(49)58-51(43-21-6-2-7-22-43)34-18-36-57(58)59(46-28-16-25-44(39-46)50-33-17-24-42-23-10-11-29-48(42)50)47-37-38-56-54(40-47)52-31-14-15-35-55(52)60(56)45-26-8-3-9-27-45/h1-40H. The van der Waals surface area contributed by atoms with Crippen molar-refractivity contribution in [2.24, 2.45) is 0 Å². The number of rotatable bonds is 8. The van der Waals surface area contributed by atoms with Crippen LogP contribution in [0.4, 0.5) is 17.1 Å². The van der Waals surface area contributed by atoms with Gasteiger partial charge in [0, 0.05) is 33.4 Å². The monoisotopic (exact) mass is 764 g/mol. The first kappa shape index (κ1) is 35.2. The van der Waals surface area contributed by atoms with Crippen LogP contribution >= 0.6 is 0 Å². The summed E-state index contributed by atoms with van der Waals surface area (Å²) in [5.74, 6) is 0. The number of hydrogen-bond acceptors (Lipinski definition) is 1. The molecule has 0 aliphatic rings. The lowest BCUT2D eigenvalue weighted by Gasteiger charge is -2.30. The maximum Gasteiger partial charge on any atom is 0.0546 e. The summed E-state index contributed by atoms with van der Waals surface area (Å²) in [4.78, 5) is 2.48. The first-order chi connectivity index (χ1) is 29.8. The fourth-order valence-electron chi connectivity index (χ4n) is 9.11. The second-order valence-corrected chi connectivity index (χ2v) is 15.3. The van der Waals surface area contributed by atoms with Crippen molar-refractivity contribution in [3.63, 3.8) is 0 Å². The van der Waals surface area contributed by atoms with Gasteiger partial charge in [0.2, 0.25) is 0 Å². The first-order valence-corrected chi connectivity index (χ1v) is 20.6. The molecule has 11 rings (SSSR count). The molecule has 0 amide bonds. The van der Waals surface area contributed by atoms with Crippen LogP contribution in [0.1, 0.15) is 0 Å². The van der Waals surface area contributed by atoms with Gasteiger partial charge in [0.15, 0.2) is 0 Å². The van der Waals surface area contributed by atoms with E-state index in [0.717, 1.165) is 22.7 Å². The molecule has 1 aromatic heterocycles. The molecule has 1 heterocycles. The summed E-state index contributed by atoms with van der Waals surface area (Å²) >= 11 is 0. The highest BCUT2D eigenvalue weighted by molar-refractivity contribution is 6.11. The summed E-state index contributed by atoms with van der Waals surface area (Å²) in [6.07, 6.45) is 0. The predicted octanol–water partition coefficient (Wildman–Crippen LogP) is 16.1. The lowest BCUT2D eigenvalue weighted by molar-refractivity contribution is 1.18. The molecule has 2 nitrogen and oxygen atoms in total. The number of aromatic nitrogens is 1. The van der Waals surface area contributed by atoms with Crippen molar-refractivity contribution in [3.05, 3.63) is 243 Å². The summed E-state index contributed by atoms with van der Waals surface area (Å²) in [7, 11) is 0. The fraction of sp³-hybridized carbons (Fsp3) is 0. The Hall–Kier alpha value is -7.94. The van der Waals surface area contributed by atoms with Crippen molar-refractivity contribution < 1.29 is 0 Å². The molecule has 0 saturated carbocycles. The van der Waals surface area contributed by atoms with Crippen molar-refractivity contribution in [2.45, 2.75) is 0 Å². The quantitative estimate of drug-likeness (QED) is 0.150. The Morgan fingerprint density at radius 2 is 0.833 bits per heavy atom. The Morgan fingerprint density at radius 3 is 1.63 bits per heavy atom. The van der Waals surface area contributed by atoms with E-state index in [4.69, 9.17) is 0 Å². The second kappa shape index (κ2) is 15.1. The summed E-state index contributed by atoms with van der Waals surface area (Å²) in [6.45, 7) is 0. The number of nitrogens with zero attached hydrogens (tertiary/aromatic N) is 2. The Bertz CT molecular complexity index is 3300. The zero-order valence-corrected chi connectivity index (χ0v) is 33.0. The lowest BCUT2D eigenvalue weighted by Crippen LogP contribution is -2.12. The zero-order valence-electron chi connectivity index (χ0n) is 33.0. The molecule has 10 aromatic carbocycles. The molecule has 0 spiro atoms. The van der Waals surface area contributed by atoms with Crippen LogP contribution in [-0.4, -0.2) is 4.57 Å². The van der Waals surface area contributed by atoms with Gasteiger partial charge in [0.05, 0.1) is 16.7 Å². The molecule has 282 valence electrons. The number of anilines is 3. The van der Waals surface area contributed by atoms with E-state index >= 15 is 0 Å². The van der Waals surface area contributed by atoms with Crippen LogP contribution in [0.25, 0.3) is 82.8 Å². The number of fused-ring (bicyclic) bond motifs is 4. The molecule has 0 aliphatic heterocycles. The van der Waals surface area contributed by atoms with E-state index in [1.807, 2.05) is 0 Å². The van der Waals surface area contributed by atoms with E-state index in [0.29, 0.717) is 0 Å². The van der Waals surface area contributed by atoms with Crippen molar-refractivity contribution in [3.8, 4) is 50.2 Å². The molecule has 0 aliphatic carbocycles. The summed E-state index contributed by atoms with van der Waals surface area (Å²) in [5, 5.41) is 4.89. The zero-order chi connectivity index (χ0) is 39.8. The van der Waals surface area contributed by atoms with Crippen molar-refractivity contribution in [1.29, 1.82) is 0 Å². The minimum absolute atomic E-state index is 1.08. The highest BCUT2D eigenvalue weighted by atomic mass is 15.1. The average molecular weight is 765 g/mol. The van der Waals surface area contributed by atoms with Gasteiger partial charge in [0.1, 0.15) is 0 Å². The van der Waals surface area contributed by atoms with Crippen LogP contribution in [-0.2, 0) is 0 Å². The van der Waals surface area contributed by atoms with E-state index in [-0.39, 0.29) is 0 Å². The molecule has 0 fully saturated rings. The largest absolute Gasteiger partial charge is 0.310 e. The van der Waals surface area contributed by atoms with Gasteiger partial charge in [-0.15, -0.1) is 0 Å².